The summed E-state index contributed by atoms with van der Waals surface area (Å²) < 4.78 is 6.05. The van der Waals surface area contributed by atoms with Crippen molar-refractivity contribution in [3.8, 4) is 0 Å². The molecule has 7 heteroatoms. The third-order valence-electron chi connectivity index (χ3n) is 3.70. The van der Waals surface area contributed by atoms with Gasteiger partial charge in [0.05, 0.1) is 5.54 Å². The zero-order chi connectivity index (χ0) is 17.3. The Morgan fingerprint density at radius 2 is 2.00 bits per heavy atom. The average molecular weight is 403 g/mol. The first-order valence-corrected chi connectivity index (χ1v) is 9.30. The largest absolute Gasteiger partial charge is 0.444 e. The highest BCUT2D eigenvalue weighted by Crippen LogP contribution is 2.39. The molecule has 2 N–H and O–H groups in total. The van der Waals surface area contributed by atoms with Gasteiger partial charge in [-0.15, -0.1) is 11.3 Å². The second kappa shape index (κ2) is 6.81. The third kappa shape index (κ3) is 5.21. The highest BCUT2D eigenvalue weighted by atomic mass is 79.9. The van der Waals surface area contributed by atoms with Gasteiger partial charge in [-0.05, 0) is 73.8 Å². The first-order valence-electron chi connectivity index (χ1n) is 7.63. The first-order chi connectivity index (χ1) is 10.6. The summed E-state index contributed by atoms with van der Waals surface area (Å²) in [5.74, 6) is 0.257. The van der Waals surface area contributed by atoms with Gasteiger partial charge >= 0.3 is 6.09 Å². The molecule has 0 aromatic carbocycles. The van der Waals surface area contributed by atoms with Crippen molar-refractivity contribution >= 4 is 39.3 Å². The number of hydrogen-bond acceptors (Lipinski definition) is 4. The summed E-state index contributed by atoms with van der Waals surface area (Å²) in [5.41, 5.74) is -1.01. The van der Waals surface area contributed by atoms with Crippen molar-refractivity contribution in [3.63, 3.8) is 0 Å². The lowest BCUT2D eigenvalue weighted by Crippen LogP contribution is -2.55. The molecule has 1 aliphatic rings. The van der Waals surface area contributed by atoms with Crippen LogP contribution < -0.4 is 10.6 Å². The number of carbonyl (C=O) groups excluding carboxylic acids is 2. The Kier molecular flexibility index (Phi) is 5.41. The number of carbonyl (C=O) groups is 2. The number of alkyl carbamates (subject to hydrolysis) is 1. The van der Waals surface area contributed by atoms with Crippen molar-refractivity contribution in [1.82, 2.24) is 10.6 Å². The molecule has 1 aliphatic carbocycles. The van der Waals surface area contributed by atoms with Crippen LogP contribution in [0.5, 0.6) is 0 Å². The average Bonchev–Trinajstić information content (AvgIpc) is 3.18. The molecule has 1 fully saturated rings. The summed E-state index contributed by atoms with van der Waals surface area (Å²) in [5, 5.41) is 7.74. The van der Waals surface area contributed by atoms with E-state index >= 15 is 0 Å². The van der Waals surface area contributed by atoms with Gasteiger partial charge in [0.15, 0.2) is 0 Å². The number of thiophene rings is 1. The van der Waals surface area contributed by atoms with E-state index in [0.29, 0.717) is 17.3 Å². The minimum Gasteiger partial charge on any atom is -0.444 e. The number of hydrogen-bond donors (Lipinski definition) is 2. The van der Waals surface area contributed by atoms with Gasteiger partial charge in [0.25, 0.3) is 5.91 Å². The second-order valence-corrected chi connectivity index (χ2v) is 8.87. The summed E-state index contributed by atoms with van der Waals surface area (Å²) in [6.07, 6.45) is 1.65. The monoisotopic (exact) mass is 402 g/mol. The van der Waals surface area contributed by atoms with Crippen LogP contribution in [-0.4, -0.2) is 29.7 Å². The van der Waals surface area contributed by atoms with Crippen molar-refractivity contribution in [2.75, 3.05) is 6.54 Å². The van der Waals surface area contributed by atoms with Gasteiger partial charge in [-0.3, -0.25) is 4.79 Å². The lowest BCUT2D eigenvalue weighted by Gasteiger charge is -2.31. The topological polar surface area (TPSA) is 67.4 Å². The summed E-state index contributed by atoms with van der Waals surface area (Å²) >= 11 is 4.77. The predicted octanol–water partition coefficient (Wildman–Crippen LogP) is 3.93. The number of amides is 2. The van der Waals surface area contributed by atoms with Crippen LogP contribution in [0.2, 0.25) is 0 Å². The Morgan fingerprint density at radius 1 is 1.35 bits per heavy atom. The first kappa shape index (κ1) is 18.3. The smallest absolute Gasteiger partial charge is 0.407 e. The molecule has 1 saturated carbocycles. The highest BCUT2D eigenvalue weighted by molar-refractivity contribution is 9.10. The Labute approximate surface area is 149 Å². The van der Waals surface area contributed by atoms with Crippen LogP contribution in [0.15, 0.2) is 15.9 Å². The van der Waals surface area contributed by atoms with Gasteiger partial charge < -0.3 is 15.4 Å². The van der Waals surface area contributed by atoms with Gasteiger partial charge in [0.2, 0.25) is 0 Å². The van der Waals surface area contributed by atoms with Gasteiger partial charge in [-0.25, -0.2) is 4.79 Å². The van der Waals surface area contributed by atoms with Crippen molar-refractivity contribution in [1.29, 1.82) is 0 Å². The molecular formula is C16H23BrN2O3S. The van der Waals surface area contributed by atoms with Gasteiger partial charge in [0, 0.05) is 11.0 Å². The quantitative estimate of drug-likeness (QED) is 0.783. The fourth-order valence-electron chi connectivity index (χ4n) is 2.35. The van der Waals surface area contributed by atoms with E-state index in [1.165, 1.54) is 11.3 Å². The Bertz CT molecular complexity index is 592. The van der Waals surface area contributed by atoms with Gasteiger partial charge in [-0.1, -0.05) is 0 Å². The standard InChI is InChI=1S/C16H23BrN2O3S/c1-15(2,3)22-14(21)18-9-16(4,10-5-6-10)19-13(20)12-11(17)7-8-23-12/h7-8,10H,5-6,9H2,1-4H3,(H,18,21)(H,19,20). The fourth-order valence-corrected chi connectivity index (χ4v) is 3.80. The summed E-state index contributed by atoms with van der Waals surface area (Å²) in [7, 11) is 0. The van der Waals surface area contributed by atoms with Crippen molar-refractivity contribution < 1.29 is 14.3 Å². The Morgan fingerprint density at radius 3 is 2.48 bits per heavy atom. The van der Waals surface area contributed by atoms with E-state index in [1.807, 2.05) is 39.1 Å². The van der Waals surface area contributed by atoms with Crippen LogP contribution in [0, 0.1) is 5.92 Å². The van der Waals surface area contributed by atoms with Crippen LogP contribution in [0.3, 0.4) is 0 Å². The van der Waals surface area contributed by atoms with Crippen LogP contribution in [0.25, 0.3) is 0 Å². The summed E-state index contributed by atoms with van der Waals surface area (Å²) in [6.45, 7) is 7.79. The molecule has 0 bridgehead atoms. The van der Waals surface area contributed by atoms with E-state index in [1.54, 1.807) is 0 Å². The molecule has 2 rings (SSSR count). The predicted molar refractivity (Wildman–Crippen MR) is 94.9 cm³/mol. The molecule has 0 radical (unpaired) electrons. The van der Waals surface area contributed by atoms with E-state index in [4.69, 9.17) is 4.74 Å². The molecule has 2 amide bonds. The summed E-state index contributed by atoms with van der Waals surface area (Å²) in [6, 6.07) is 1.85. The molecule has 1 heterocycles. The van der Waals surface area contributed by atoms with Crippen molar-refractivity contribution in [2.24, 2.45) is 5.92 Å². The zero-order valence-corrected chi connectivity index (χ0v) is 16.3. The van der Waals surface area contributed by atoms with E-state index in [-0.39, 0.29) is 5.91 Å². The molecule has 1 aromatic rings. The molecule has 128 valence electrons. The van der Waals surface area contributed by atoms with Gasteiger partial charge in [0.1, 0.15) is 10.5 Å². The lowest BCUT2D eigenvalue weighted by atomic mass is 9.95. The number of halogens is 1. The van der Waals surface area contributed by atoms with E-state index in [9.17, 15) is 9.59 Å². The van der Waals surface area contributed by atoms with Crippen molar-refractivity contribution in [3.05, 3.63) is 20.8 Å². The van der Waals surface area contributed by atoms with Crippen LogP contribution >= 0.6 is 27.3 Å². The van der Waals surface area contributed by atoms with E-state index in [2.05, 4.69) is 26.6 Å². The minimum absolute atomic E-state index is 0.118. The molecule has 0 saturated heterocycles. The number of rotatable bonds is 5. The van der Waals surface area contributed by atoms with E-state index in [0.717, 1.165) is 17.3 Å². The second-order valence-electron chi connectivity index (χ2n) is 7.10. The maximum absolute atomic E-state index is 12.5. The normalized spacial score (nSPS) is 17.3. The molecule has 0 spiro atoms. The van der Waals surface area contributed by atoms with Gasteiger partial charge in [-0.2, -0.15) is 0 Å². The molecule has 1 unspecified atom stereocenters. The van der Waals surface area contributed by atoms with Crippen LogP contribution in [0.4, 0.5) is 4.79 Å². The number of ether oxygens (including phenoxy) is 1. The minimum atomic E-state index is -0.537. The molecule has 1 atom stereocenters. The lowest BCUT2D eigenvalue weighted by molar-refractivity contribution is 0.0503. The molecule has 23 heavy (non-hydrogen) atoms. The molecule has 0 aliphatic heterocycles. The highest BCUT2D eigenvalue weighted by Gasteiger charge is 2.43. The Balaban J connectivity index is 1.98. The SMILES string of the molecule is CC(C)(C)OC(=O)NCC(C)(NC(=O)c1sccc1Br)C1CC1. The maximum Gasteiger partial charge on any atom is 0.407 e. The zero-order valence-electron chi connectivity index (χ0n) is 13.9. The number of nitrogens with one attached hydrogen (secondary N) is 2. The van der Waals surface area contributed by atoms with Crippen molar-refractivity contribution in [2.45, 2.75) is 51.7 Å². The van der Waals surface area contributed by atoms with Crippen LogP contribution in [-0.2, 0) is 4.74 Å². The Hall–Kier alpha value is -1.08. The molecule has 1 aromatic heterocycles. The molecule has 5 nitrogen and oxygen atoms in total. The third-order valence-corrected chi connectivity index (χ3v) is 5.54. The fraction of sp³-hybridized carbons (Fsp3) is 0.625. The van der Waals surface area contributed by atoms with E-state index < -0.39 is 17.2 Å². The van der Waals surface area contributed by atoms with Crippen LogP contribution in [0.1, 0.15) is 50.2 Å². The molecular weight excluding hydrogens is 380 g/mol. The maximum atomic E-state index is 12.5. The summed E-state index contributed by atoms with van der Waals surface area (Å²) in [4.78, 5) is 25.0.